The molecule has 4 nitrogen and oxygen atoms in total. The van der Waals surface area contributed by atoms with E-state index in [1.165, 1.54) is 5.56 Å². The van der Waals surface area contributed by atoms with Crippen LogP contribution in [0.3, 0.4) is 0 Å². The summed E-state index contributed by atoms with van der Waals surface area (Å²) in [6.45, 7) is 11.1. The molecule has 2 N–H and O–H groups in total. The lowest BCUT2D eigenvalue weighted by Crippen LogP contribution is -2.41. The summed E-state index contributed by atoms with van der Waals surface area (Å²) in [5.74, 6) is 0.0417. The second kappa shape index (κ2) is 6.34. The third-order valence-electron chi connectivity index (χ3n) is 4.30. The predicted octanol–water partition coefficient (Wildman–Crippen LogP) is 3.48. The molecule has 4 heteroatoms. The minimum atomic E-state index is -0.864. The van der Waals surface area contributed by atoms with Gasteiger partial charge in [0.05, 0.1) is 0 Å². The van der Waals surface area contributed by atoms with E-state index in [4.69, 9.17) is 0 Å². The summed E-state index contributed by atoms with van der Waals surface area (Å²) in [4.78, 5) is 24.8. The van der Waals surface area contributed by atoms with Crippen molar-refractivity contribution in [2.75, 3.05) is 11.9 Å². The quantitative estimate of drug-likeness (QED) is 0.817. The van der Waals surface area contributed by atoms with Gasteiger partial charge in [0.1, 0.15) is 5.41 Å². The third-order valence-corrected chi connectivity index (χ3v) is 4.30. The molecule has 2 amide bonds. The van der Waals surface area contributed by atoms with Crippen molar-refractivity contribution in [3.05, 3.63) is 29.8 Å². The molecule has 1 aliphatic carbocycles. The SMILES string of the molecule is CC(C)CNC(=O)C1(C(=O)Nc2ccc(C(C)(C)C)cc2)CC1. The fraction of sp³-hybridized carbons (Fsp3) is 0.579. The van der Waals surface area contributed by atoms with Crippen molar-refractivity contribution in [2.45, 2.75) is 52.9 Å². The number of benzene rings is 1. The van der Waals surface area contributed by atoms with E-state index in [0.717, 1.165) is 5.69 Å². The molecule has 0 bridgehead atoms. The summed E-state index contributed by atoms with van der Waals surface area (Å²) >= 11 is 0. The smallest absolute Gasteiger partial charge is 0.240 e. The lowest BCUT2D eigenvalue weighted by molar-refractivity contribution is -0.134. The number of carbonyl (C=O) groups is 2. The van der Waals surface area contributed by atoms with E-state index >= 15 is 0 Å². The molecule has 23 heavy (non-hydrogen) atoms. The number of hydrogen-bond acceptors (Lipinski definition) is 2. The van der Waals surface area contributed by atoms with Crippen molar-refractivity contribution in [2.24, 2.45) is 11.3 Å². The number of amides is 2. The Kier molecular flexibility index (Phi) is 4.83. The minimum absolute atomic E-state index is 0.0803. The van der Waals surface area contributed by atoms with Crippen LogP contribution < -0.4 is 10.6 Å². The van der Waals surface area contributed by atoms with Crippen LogP contribution >= 0.6 is 0 Å². The van der Waals surface area contributed by atoms with Gasteiger partial charge in [0.25, 0.3) is 0 Å². The van der Waals surface area contributed by atoms with E-state index in [1.54, 1.807) is 0 Å². The molecule has 0 aliphatic heterocycles. The van der Waals surface area contributed by atoms with Crippen LogP contribution in [0.5, 0.6) is 0 Å². The van der Waals surface area contributed by atoms with E-state index in [2.05, 4.69) is 31.4 Å². The van der Waals surface area contributed by atoms with Gasteiger partial charge < -0.3 is 10.6 Å². The summed E-state index contributed by atoms with van der Waals surface area (Å²) in [6.07, 6.45) is 1.26. The number of anilines is 1. The molecule has 0 aromatic heterocycles. The van der Waals surface area contributed by atoms with Crippen LogP contribution in [0.2, 0.25) is 0 Å². The van der Waals surface area contributed by atoms with E-state index < -0.39 is 5.41 Å². The highest BCUT2D eigenvalue weighted by atomic mass is 16.2. The van der Waals surface area contributed by atoms with Crippen molar-refractivity contribution < 1.29 is 9.59 Å². The predicted molar refractivity (Wildman–Crippen MR) is 93.3 cm³/mol. The second-order valence-electron chi connectivity index (χ2n) is 7.97. The second-order valence-corrected chi connectivity index (χ2v) is 7.97. The molecule has 0 spiro atoms. The van der Waals surface area contributed by atoms with Crippen molar-refractivity contribution in [1.82, 2.24) is 5.32 Å². The average molecular weight is 316 g/mol. The molecule has 1 aromatic rings. The summed E-state index contributed by atoms with van der Waals surface area (Å²) in [6, 6.07) is 7.85. The fourth-order valence-electron chi connectivity index (χ4n) is 2.45. The largest absolute Gasteiger partial charge is 0.355 e. The van der Waals surface area contributed by atoms with Gasteiger partial charge >= 0.3 is 0 Å². The van der Waals surface area contributed by atoms with Crippen molar-refractivity contribution in [1.29, 1.82) is 0 Å². The first-order chi connectivity index (χ1) is 10.6. The summed E-state index contributed by atoms with van der Waals surface area (Å²) in [5.41, 5.74) is 1.17. The monoisotopic (exact) mass is 316 g/mol. The standard InChI is InChI=1S/C19H28N2O2/c1-13(2)12-20-16(22)19(10-11-19)17(23)21-15-8-6-14(7-9-15)18(3,4)5/h6-9,13H,10-12H2,1-5H3,(H,20,22)(H,21,23). The Balaban J connectivity index is 2.00. The van der Waals surface area contributed by atoms with Crippen LogP contribution in [-0.4, -0.2) is 18.4 Å². The molecule has 2 rings (SSSR count). The molecule has 1 fully saturated rings. The van der Waals surface area contributed by atoms with Crippen molar-refractivity contribution >= 4 is 17.5 Å². The third kappa shape index (κ3) is 4.12. The molecule has 0 unspecified atom stereocenters. The van der Waals surface area contributed by atoms with Crippen LogP contribution in [-0.2, 0) is 15.0 Å². The fourth-order valence-corrected chi connectivity index (χ4v) is 2.45. The molecular formula is C19H28N2O2. The van der Waals surface area contributed by atoms with Crippen LogP contribution in [0.15, 0.2) is 24.3 Å². The highest BCUT2D eigenvalue weighted by Gasteiger charge is 2.56. The number of hydrogen-bond donors (Lipinski definition) is 2. The zero-order chi connectivity index (χ0) is 17.3. The number of rotatable bonds is 5. The van der Waals surface area contributed by atoms with Crippen LogP contribution in [0, 0.1) is 11.3 Å². The Labute approximate surface area is 139 Å². The van der Waals surface area contributed by atoms with E-state index in [1.807, 2.05) is 38.1 Å². The Morgan fingerprint density at radius 3 is 2.09 bits per heavy atom. The van der Waals surface area contributed by atoms with Gasteiger partial charge in [-0.1, -0.05) is 46.8 Å². The van der Waals surface area contributed by atoms with E-state index in [-0.39, 0.29) is 17.2 Å². The van der Waals surface area contributed by atoms with Gasteiger partial charge in [-0.05, 0) is 41.9 Å². The molecule has 1 aliphatic rings. The minimum Gasteiger partial charge on any atom is -0.355 e. The van der Waals surface area contributed by atoms with Gasteiger partial charge in [-0.2, -0.15) is 0 Å². The van der Waals surface area contributed by atoms with E-state index in [0.29, 0.717) is 25.3 Å². The Morgan fingerprint density at radius 1 is 1.09 bits per heavy atom. The Bertz CT molecular complexity index is 578. The van der Waals surface area contributed by atoms with Gasteiger partial charge in [-0.25, -0.2) is 0 Å². The molecule has 0 saturated heterocycles. The van der Waals surface area contributed by atoms with Crippen LogP contribution in [0.1, 0.15) is 53.0 Å². The molecule has 1 saturated carbocycles. The maximum Gasteiger partial charge on any atom is 0.240 e. The van der Waals surface area contributed by atoms with Crippen molar-refractivity contribution in [3.8, 4) is 0 Å². The molecule has 0 atom stereocenters. The molecule has 0 radical (unpaired) electrons. The van der Waals surface area contributed by atoms with Gasteiger partial charge in [0.15, 0.2) is 0 Å². The highest BCUT2D eigenvalue weighted by molar-refractivity contribution is 6.13. The normalized spacial score (nSPS) is 16.1. The average Bonchev–Trinajstić information content (AvgIpc) is 3.26. The van der Waals surface area contributed by atoms with Crippen LogP contribution in [0.25, 0.3) is 0 Å². The van der Waals surface area contributed by atoms with Gasteiger partial charge in [-0.3, -0.25) is 9.59 Å². The molecule has 1 aromatic carbocycles. The topological polar surface area (TPSA) is 58.2 Å². The first-order valence-electron chi connectivity index (χ1n) is 8.35. The van der Waals surface area contributed by atoms with Gasteiger partial charge in [-0.15, -0.1) is 0 Å². The first-order valence-corrected chi connectivity index (χ1v) is 8.35. The van der Waals surface area contributed by atoms with Crippen molar-refractivity contribution in [3.63, 3.8) is 0 Å². The zero-order valence-corrected chi connectivity index (χ0v) is 14.8. The van der Waals surface area contributed by atoms with Crippen LogP contribution in [0.4, 0.5) is 5.69 Å². The van der Waals surface area contributed by atoms with Gasteiger partial charge in [0, 0.05) is 12.2 Å². The summed E-state index contributed by atoms with van der Waals surface area (Å²) < 4.78 is 0. The Hall–Kier alpha value is -1.84. The molecule has 0 heterocycles. The van der Waals surface area contributed by atoms with E-state index in [9.17, 15) is 9.59 Å². The molecule has 126 valence electrons. The maximum absolute atomic E-state index is 12.5. The maximum atomic E-state index is 12.5. The summed E-state index contributed by atoms with van der Waals surface area (Å²) in [5, 5.41) is 5.77. The zero-order valence-electron chi connectivity index (χ0n) is 14.8. The lowest BCUT2D eigenvalue weighted by atomic mass is 9.87. The lowest BCUT2D eigenvalue weighted by Gasteiger charge is -2.20. The summed E-state index contributed by atoms with van der Waals surface area (Å²) in [7, 11) is 0. The van der Waals surface area contributed by atoms with Gasteiger partial charge in [0.2, 0.25) is 11.8 Å². The first kappa shape index (κ1) is 17.5. The number of carbonyl (C=O) groups excluding carboxylic acids is 2. The number of nitrogens with one attached hydrogen (secondary N) is 2. The highest BCUT2D eigenvalue weighted by Crippen LogP contribution is 2.46. The molecular weight excluding hydrogens is 288 g/mol. The Morgan fingerprint density at radius 2 is 1.65 bits per heavy atom.